The van der Waals surface area contributed by atoms with Gasteiger partial charge in [-0.3, -0.25) is 4.18 Å². The normalized spacial score (nSPS) is 27.3. The van der Waals surface area contributed by atoms with Crippen LogP contribution in [0.15, 0.2) is 30.3 Å². The molecule has 0 unspecified atom stereocenters. The van der Waals surface area contributed by atoms with Gasteiger partial charge < -0.3 is 0 Å². The van der Waals surface area contributed by atoms with Gasteiger partial charge in [-0.2, -0.15) is 13.1 Å². The van der Waals surface area contributed by atoms with Crippen LogP contribution in [0.5, 0.6) is 0 Å². The molecule has 4 nitrogen and oxygen atoms in total. The van der Waals surface area contributed by atoms with Gasteiger partial charge in [-0.25, -0.2) is 0 Å². The Morgan fingerprint density at radius 3 is 2.61 bits per heavy atom. The monoisotopic (exact) mass is 269 g/mol. The minimum Gasteiger partial charge on any atom is -0.255 e. The lowest BCUT2D eigenvalue weighted by molar-refractivity contribution is 0.135. The molecule has 2 rings (SSSR count). The van der Waals surface area contributed by atoms with Gasteiger partial charge in [0.25, 0.3) is 0 Å². The fraction of sp³-hybridized carbons (Fsp3) is 0.538. The average molecular weight is 269 g/mol. The molecule has 0 saturated carbocycles. The largest absolute Gasteiger partial charge is 0.336 e. The molecule has 1 aromatic carbocycles. The van der Waals surface area contributed by atoms with Crippen LogP contribution in [0, 0.1) is 5.92 Å². The third-order valence-corrected chi connectivity index (χ3v) is 4.08. The van der Waals surface area contributed by atoms with E-state index < -0.39 is 10.3 Å². The van der Waals surface area contributed by atoms with Crippen LogP contribution in [0.3, 0.4) is 0 Å². The van der Waals surface area contributed by atoms with Gasteiger partial charge in [0.05, 0.1) is 12.1 Å². The van der Waals surface area contributed by atoms with Crippen LogP contribution in [0.2, 0.25) is 0 Å². The maximum absolute atomic E-state index is 11.7. The first-order valence-electron chi connectivity index (χ1n) is 6.22. The van der Waals surface area contributed by atoms with Crippen molar-refractivity contribution in [3.63, 3.8) is 0 Å². The Bertz CT molecular complexity index is 484. The molecule has 0 radical (unpaired) electrons. The van der Waals surface area contributed by atoms with Crippen molar-refractivity contribution in [2.45, 2.75) is 38.8 Å². The predicted molar refractivity (Wildman–Crippen MR) is 70.2 cm³/mol. The molecule has 0 bridgehead atoms. The fourth-order valence-electron chi connectivity index (χ4n) is 2.28. The van der Waals surface area contributed by atoms with E-state index in [-0.39, 0.29) is 12.1 Å². The quantitative estimate of drug-likeness (QED) is 0.916. The van der Waals surface area contributed by atoms with Gasteiger partial charge in [0.1, 0.15) is 0 Å². The molecule has 1 saturated heterocycles. The van der Waals surface area contributed by atoms with Gasteiger partial charge >= 0.3 is 10.3 Å². The van der Waals surface area contributed by atoms with E-state index in [0.717, 1.165) is 12.0 Å². The number of benzene rings is 1. The second-order valence-corrected chi connectivity index (χ2v) is 6.46. The first-order chi connectivity index (χ1) is 8.46. The molecule has 100 valence electrons. The summed E-state index contributed by atoms with van der Waals surface area (Å²) in [5.74, 6) is 0.416. The van der Waals surface area contributed by atoms with E-state index in [1.54, 1.807) is 0 Å². The highest BCUT2D eigenvalue weighted by atomic mass is 32.2. The Labute approximate surface area is 109 Å². The maximum Gasteiger partial charge on any atom is 0.336 e. The van der Waals surface area contributed by atoms with Crippen LogP contribution >= 0.6 is 0 Å². The molecule has 1 N–H and O–H groups in total. The summed E-state index contributed by atoms with van der Waals surface area (Å²) in [5.41, 5.74) is 0.984. The van der Waals surface area contributed by atoms with Crippen molar-refractivity contribution >= 4 is 10.3 Å². The molecule has 0 spiro atoms. The van der Waals surface area contributed by atoms with Crippen LogP contribution in [-0.2, 0) is 14.5 Å². The highest BCUT2D eigenvalue weighted by Gasteiger charge is 2.32. The molecule has 5 heteroatoms. The Morgan fingerprint density at radius 2 is 2.00 bits per heavy atom. The summed E-state index contributed by atoms with van der Waals surface area (Å²) in [5, 5.41) is 0. The summed E-state index contributed by atoms with van der Waals surface area (Å²) < 4.78 is 31.0. The fourth-order valence-corrected chi connectivity index (χ4v) is 3.43. The van der Waals surface area contributed by atoms with E-state index in [4.69, 9.17) is 4.18 Å². The molecule has 0 aliphatic carbocycles. The smallest absolute Gasteiger partial charge is 0.255 e. The predicted octanol–water partition coefficient (Wildman–Crippen LogP) is 2.40. The molecule has 1 aliphatic rings. The minimum atomic E-state index is -3.62. The zero-order valence-corrected chi connectivity index (χ0v) is 11.5. The van der Waals surface area contributed by atoms with Crippen molar-refractivity contribution in [2.24, 2.45) is 5.92 Å². The van der Waals surface area contributed by atoms with E-state index in [9.17, 15) is 8.42 Å². The summed E-state index contributed by atoms with van der Waals surface area (Å²) in [7, 11) is -3.62. The summed E-state index contributed by atoms with van der Waals surface area (Å²) in [4.78, 5) is 0. The number of hydrogen-bond acceptors (Lipinski definition) is 3. The summed E-state index contributed by atoms with van der Waals surface area (Å²) in [6, 6.07) is 9.43. The Balaban J connectivity index is 2.17. The zero-order chi connectivity index (χ0) is 13.2. The summed E-state index contributed by atoms with van der Waals surface area (Å²) in [6.45, 7) is 4.13. The van der Waals surface area contributed by atoms with E-state index in [1.807, 2.05) is 30.3 Å². The summed E-state index contributed by atoms with van der Waals surface area (Å²) in [6.07, 6.45) is 1.20. The second kappa shape index (κ2) is 5.38. The summed E-state index contributed by atoms with van der Waals surface area (Å²) >= 11 is 0. The van der Waals surface area contributed by atoms with Gasteiger partial charge in [-0.15, -0.1) is 0 Å². The van der Waals surface area contributed by atoms with Crippen LogP contribution in [0.1, 0.15) is 38.3 Å². The van der Waals surface area contributed by atoms with Crippen molar-refractivity contribution in [1.82, 2.24) is 4.72 Å². The number of hydrogen-bond donors (Lipinski definition) is 1. The first kappa shape index (κ1) is 13.5. The molecule has 0 aromatic heterocycles. The van der Waals surface area contributed by atoms with Gasteiger partial charge in [0.15, 0.2) is 0 Å². The Kier molecular flexibility index (Phi) is 4.04. The molecular formula is C13H19NO3S. The van der Waals surface area contributed by atoms with Gasteiger partial charge in [-0.1, -0.05) is 44.2 Å². The van der Waals surface area contributed by atoms with Gasteiger partial charge in [0.2, 0.25) is 0 Å². The van der Waals surface area contributed by atoms with E-state index >= 15 is 0 Å². The number of nitrogens with one attached hydrogen (secondary N) is 1. The third-order valence-electron chi connectivity index (χ3n) is 2.98. The average Bonchev–Trinajstić information content (AvgIpc) is 2.27. The molecular weight excluding hydrogens is 250 g/mol. The zero-order valence-electron chi connectivity index (χ0n) is 10.7. The Morgan fingerprint density at radius 1 is 1.33 bits per heavy atom. The van der Waals surface area contributed by atoms with Gasteiger partial charge in [0, 0.05) is 0 Å². The van der Waals surface area contributed by atoms with Crippen molar-refractivity contribution < 1.29 is 12.6 Å². The Hall–Kier alpha value is -0.910. The lowest BCUT2D eigenvalue weighted by Crippen LogP contribution is -2.41. The van der Waals surface area contributed by atoms with Crippen molar-refractivity contribution in [3.05, 3.63) is 35.9 Å². The molecule has 0 amide bonds. The minimum absolute atomic E-state index is 0.186. The van der Waals surface area contributed by atoms with Crippen molar-refractivity contribution in [1.29, 1.82) is 0 Å². The maximum atomic E-state index is 11.7. The molecule has 1 fully saturated rings. The SMILES string of the molecule is CC(C)C[C@H]1C[C@@H](c2ccccc2)NS(=O)(=O)O1. The lowest BCUT2D eigenvalue weighted by atomic mass is 9.96. The molecule has 2 atom stereocenters. The second-order valence-electron chi connectivity index (χ2n) is 5.12. The highest BCUT2D eigenvalue weighted by molar-refractivity contribution is 7.84. The molecule has 18 heavy (non-hydrogen) atoms. The van der Waals surface area contributed by atoms with Crippen LogP contribution in [-0.4, -0.2) is 14.5 Å². The van der Waals surface area contributed by atoms with Crippen molar-refractivity contribution in [2.75, 3.05) is 0 Å². The van der Waals surface area contributed by atoms with Crippen LogP contribution < -0.4 is 4.72 Å². The van der Waals surface area contributed by atoms with E-state index in [1.165, 1.54) is 0 Å². The van der Waals surface area contributed by atoms with E-state index in [0.29, 0.717) is 12.3 Å². The standard InChI is InChI=1S/C13H19NO3S/c1-10(2)8-12-9-13(14-18(15,16)17-12)11-6-4-3-5-7-11/h3-7,10,12-14H,8-9H2,1-2H3/t12-,13-/m0/s1. The van der Waals surface area contributed by atoms with Crippen molar-refractivity contribution in [3.8, 4) is 0 Å². The van der Waals surface area contributed by atoms with Crippen LogP contribution in [0.4, 0.5) is 0 Å². The molecule has 1 heterocycles. The highest BCUT2D eigenvalue weighted by Crippen LogP contribution is 2.29. The topological polar surface area (TPSA) is 55.4 Å². The van der Waals surface area contributed by atoms with Crippen LogP contribution in [0.25, 0.3) is 0 Å². The first-order valence-corrected chi connectivity index (χ1v) is 7.62. The third kappa shape index (κ3) is 3.54. The lowest BCUT2D eigenvalue weighted by Gasteiger charge is -2.30. The van der Waals surface area contributed by atoms with E-state index in [2.05, 4.69) is 18.6 Å². The molecule has 1 aliphatic heterocycles. The number of rotatable bonds is 3. The van der Waals surface area contributed by atoms with Gasteiger partial charge in [-0.05, 0) is 24.3 Å². The molecule has 1 aromatic rings.